The number of nitrogens with zero attached hydrogens (tertiary/aromatic N) is 1. The zero-order chi connectivity index (χ0) is 23.7. The Morgan fingerprint density at radius 2 is 1.19 bits per heavy atom. The molecule has 0 aromatic heterocycles. The number of piperidine rings is 1. The molecule has 0 bridgehead atoms. The molecular weight excluding hydrogens is 458 g/mol. The van der Waals surface area contributed by atoms with Crippen molar-refractivity contribution in [1.82, 2.24) is 4.90 Å². The average Bonchev–Trinajstić information content (AvgIpc) is 3.08. The second kappa shape index (κ2) is 14.2. The lowest BCUT2D eigenvalue weighted by atomic mass is 9.85. The molecule has 0 N–H and O–H groups in total. The van der Waals surface area contributed by atoms with Gasteiger partial charge in [-0.25, -0.2) is 0 Å². The van der Waals surface area contributed by atoms with Gasteiger partial charge < -0.3 is 4.90 Å². The maximum absolute atomic E-state index is 2.72. The standard InChI is InChI=1S/C34H45N.ClH/c1(3-6-14-28-15-7-5-8-16-28)2-4-13-25-35-26-23-31(24-27-35)34-32-19-11-9-17-29(32)21-22-30-18-10-12-20-33(30)34;/h9-12,17-22,28H,1-8,13-16,23-27H2;1H. The third kappa shape index (κ3) is 7.14. The molecule has 2 aliphatic carbocycles. The molecule has 1 heterocycles. The SMILES string of the molecule is C1=Cc2ccccc2C(=C2CCN(CCCCCCCCC3CCCCC3)CC2)c2ccccc21.Cl. The van der Waals surface area contributed by atoms with Gasteiger partial charge in [-0.1, -0.05) is 137 Å². The normalized spacial score (nSPS) is 18.3. The van der Waals surface area contributed by atoms with Crippen LogP contribution in [0.4, 0.5) is 0 Å². The highest BCUT2D eigenvalue weighted by atomic mass is 35.5. The van der Waals surface area contributed by atoms with Crippen LogP contribution in [0.15, 0.2) is 54.1 Å². The van der Waals surface area contributed by atoms with Crippen molar-refractivity contribution in [1.29, 1.82) is 0 Å². The molecule has 0 unspecified atom stereocenters. The van der Waals surface area contributed by atoms with Crippen LogP contribution in [0.3, 0.4) is 0 Å². The van der Waals surface area contributed by atoms with E-state index in [0.29, 0.717) is 0 Å². The van der Waals surface area contributed by atoms with E-state index >= 15 is 0 Å². The van der Waals surface area contributed by atoms with Gasteiger partial charge in [-0.2, -0.15) is 0 Å². The largest absolute Gasteiger partial charge is 0.303 e. The maximum Gasteiger partial charge on any atom is 0.00190 e. The smallest absolute Gasteiger partial charge is 0.00190 e. The van der Waals surface area contributed by atoms with Crippen molar-refractivity contribution in [3.63, 3.8) is 0 Å². The van der Waals surface area contributed by atoms with Crippen molar-refractivity contribution in [2.45, 2.75) is 89.9 Å². The molecule has 0 radical (unpaired) electrons. The molecule has 0 atom stereocenters. The summed E-state index contributed by atoms with van der Waals surface area (Å²) in [5, 5.41) is 0. The number of fused-ring (bicyclic) bond motifs is 2. The van der Waals surface area contributed by atoms with Gasteiger partial charge in [0.2, 0.25) is 0 Å². The van der Waals surface area contributed by atoms with E-state index in [1.165, 1.54) is 137 Å². The zero-order valence-corrected chi connectivity index (χ0v) is 23.0. The molecule has 2 heteroatoms. The summed E-state index contributed by atoms with van der Waals surface area (Å²) in [6, 6.07) is 17.9. The third-order valence-corrected chi connectivity index (χ3v) is 8.78. The van der Waals surface area contributed by atoms with E-state index in [2.05, 4.69) is 65.6 Å². The van der Waals surface area contributed by atoms with E-state index in [0.717, 1.165) is 5.92 Å². The molecule has 1 saturated heterocycles. The monoisotopic (exact) mass is 503 g/mol. The Kier molecular flexibility index (Phi) is 10.7. The van der Waals surface area contributed by atoms with Crippen LogP contribution in [-0.2, 0) is 0 Å². The van der Waals surface area contributed by atoms with Crippen molar-refractivity contribution >= 4 is 30.1 Å². The molecule has 2 aromatic rings. The van der Waals surface area contributed by atoms with Gasteiger partial charge in [0.15, 0.2) is 0 Å². The zero-order valence-electron chi connectivity index (χ0n) is 22.2. The van der Waals surface area contributed by atoms with Crippen LogP contribution in [0.1, 0.15) is 112 Å². The summed E-state index contributed by atoms with van der Waals surface area (Å²) >= 11 is 0. The number of likely N-dealkylation sites (tertiary alicyclic amines) is 1. The summed E-state index contributed by atoms with van der Waals surface area (Å²) in [7, 11) is 0. The van der Waals surface area contributed by atoms with E-state index in [4.69, 9.17) is 0 Å². The van der Waals surface area contributed by atoms with Crippen molar-refractivity contribution in [3.05, 3.63) is 76.4 Å². The minimum absolute atomic E-state index is 0. The molecule has 1 aliphatic heterocycles. The van der Waals surface area contributed by atoms with Crippen molar-refractivity contribution in [3.8, 4) is 0 Å². The van der Waals surface area contributed by atoms with Gasteiger partial charge in [-0.05, 0) is 59.6 Å². The number of rotatable bonds is 9. The number of unbranched alkanes of at least 4 members (excludes halogenated alkanes) is 5. The lowest BCUT2D eigenvalue weighted by molar-refractivity contribution is 0.250. The Bertz CT molecular complexity index is 952. The van der Waals surface area contributed by atoms with Crippen molar-refractivity contribution in [2.75, 3.05) is 19.6 Å². The Labute approximate surface area is 226 Å². The number of benzene rings is 2. The summed E-state index contributed by atoms with van der Waals surface area (Å²) in [5.74, 6) is 1.07. The number of hydrogen-bond donors (Lipinski definition) is 0. The molecule has 0 spiro atoms. The molecule has 2 fully saturated rings. The summed E-state index contributed by atoms with van der Waals surface area (Å²) < 4.78 is 0. The van der Waals surface area contributed by atoms with Gasteiger partial charge in [-0.15, -0.1) is 12.4 Å². The van der Waals surface area contributed by atoms with E-state index in [1.807, 2.05) is 0 Å². The van der Waals surface area contributed by atoms with Crippen LogP contribution < -0.4 is 0 Å². The van der Waals surface area contributed by atoms with Crippen LogP contribution >= 0.6 is 12.4 Å². The Morgan fingerprint density at radius 1 is 0.639 bits per heavy atom. The molecule has 3 aliphatic rings. The Morgan fingerprint density at radius 3 is 1.83 bits per heavy atom. The summed E-state index contributed by atoms with van der Waals surface area (Å²) in [4.78, 5) is 2.72. The fraction of sp³-hybridized carbons (Fsp3) is 0.529. The Balaban J connectivity index is 0.00000304. The Hall–Kier alpha value is -1.83. The van der Waals surface area contributed by atoms with Gasteiger partial charge in [0.25, 0.3) is 0 Å². The highest BCUT2D eigenvalue weighted by Gasteiger charge is 2.22. The number of halogens is 1. The molecule has 5 rings (SSSR count). The van der Waals surface area contributed by atoms with E-state index in [-0.39, 0.29) is 12.4 Å². The lowest BCUT2D eigenvalue weighted by Gasteiger charge is -2.30. The predicted octanol–water partition coefficient (Wildman–Crippen LogP) is 9.80. The first-order valence-electron chi connectivity index (χ1n) is 14.7. The molecule has 1 saturated carbocycles. The highest BCUT2D eigenvalue weighted by Crippen LogP contribution is 2.38. The lowest BCUT2D eigenvalue weighted by Crippen LogP contribution is -2.32. The van der Waals surface area contributed by atoms with Gasteiger partial charge in [0, 0.05) is 13.1 Å². The molecule has 36 heavy (non-hydrogen) atoms. The molecule has 194 valence electrons. The quantitative estimate of drug-likeness (QED) is 0.262. The average molecular weight is 504 g/mol. The van der Waals surface area contributed by atoms with E-state index in [9.17, 15) is 0 Å². The van der Waals surface area contributed by atoms with Gasteiger partial charge in [0.1, 0.15) is 0 Å². The first kappa shape index (κ1) is 27.2. The predicted molar refractivity (Wildman–Crippen MR) is 160 cm³/mol. The van der Waals surface area contributed by atoms with Crippen molar-refractivity contribution in [2.24, 2.45) is 5.92 Å². The van der Waals surface area contributed by atoms with Crippen LogP contribution in [-0.4, -0.2) is 24.5 Å². The summed E-state index contributed by atoms with van der Waals surface area (Å²) in [6.45, 7) is 3.73. The van der Waals surface area contributed by atoms with Crippen LogP contribution in [0, 0.1) is 5.92 Å². The van der Waals surface area contributed by atoms with Crippen LogP contribution in [0.25, 0.3) is 17.7 Å². The fourth-order valence-electron chi connectivity index (χ4n) is 6.69. The third-order valence-electron chi connectivity index (χ3n) is 8.78. The van der Waals surface area contributed by atoms with Gasteiger partial charge >= 0.3 is 0 Å². The molecule has 1 nitrogen and oxygen atoms in total. The second-order valence-corrected chi connectivity index (χ2v) is 11.2. The summed E-state index contributed by atoms with van der Waals surface area (Å²) in [6.07, 6.45) is 24.7. The van der Waals surface area contributed by atoms with Crippen LogP contribution in [0.5, 0.6) is 0 Å². The fourth-order valence-corrected chi connectivity index (χ4v) is 6.69. The first-order chi connectivity index (χ1) is 17.4. The highest BCUT2D eigenvalue weighted by molar-refractivity contribution is 5.94. The first-order valence-corrected chi connectivity index (χ1v) is 14.7. The van der Waals surface area contributed by atoms with Crippen molar-refractivity contribution < 1.29 is 0 Å². The summed E-state index contributed by atoms with van der Waals surface area (Å²) in [5.41, 5.74) is 8.71. The van der Waals surface area contributed by atoms with E-state index < -0.39 is 0 Å². The molecular formula is C34H46ClN. The van der Waals surface area contributed by atoms with E-state index in [1.54, 1.807) is 5.57 Å². The maximum atomic E-state index is 2.72. The molecule has 0 amide bonds. The minimum Gasteiger partial charge on any atom is -0.303 e. The topological polar surface area (TPSA) is 3.24 Å². The van der Waals surface area contributed by atoms with Crippen LogP contribution in [0.2, 0.25) is 0 Å². The van der Waals surface area contributed by atoms with Gasteiger partial charge in [-0.3, -0.25) is 0 Å². The number of hydrogen-bond acceptors (Lipinski definition) is 1. The molecule has 2 aromatic carbocycles. The second-order valence-electron chi connectivity index (χ2n) is 11.2. The van der Waals surface area contributed by atoms with Gasteiger partial charge in [0.05, 0.1) is 0 Å². The minimum atomic E-state index is 0.